The third-order valence-electron chi connectivity index (χ3n) is 6.88. The summed E-state index contributed by atoms with van der Waals surface area (Å²) in [5.41, 5.74) is 8.76. The number of benzene rings is 3. The number of carbonyl (C=O) groups excluding carboxylic acids is 1. The molecule has 190 valence electrons. The van der Waals surface area contributed by atoms with E-state index < -0.39 is 0 Å². The van der Waals surface area contributed by atoms with Gasteiger partial charge in [0.05, 0.1) is 5.71 Å². The molecule has 1 fully saturated rings. The highest BCUT2D eigenvalue weighted by Crippen LogP contribution is 2.26. The van der Waals surface area contributed by atoms with Crippen LogP contribution in [0.25, 0.3) is 10.8 Å². The van der Waals surface area contributed by atoms with Gasteiger partial charge in [-0.1, -0.05) is 25.1 Å². The Bertz CT molecular complexity index is 1240. The van der Waals surface area contributed by atoms with Crippen LogP contribution in [0.15, 0.2) is 54.6 Å². The van der Waals surface area contributed by atoms with Crippen LogP contribution in [-0.2, 0) is 0 Å². The highest BCUT2D eigenvalue weighted by molar-refractivity contribution is 6.16. The van der Waals surface area contributed by atoms with Crippen molar-refractivity contribution in [3.05, 3.63) is 71.3 Å². The maximum atomic E-state index is 12.6. The molecule has 0 radical (unpaired) electrons. The van der Waals surface area contributed by atoms with Gasteiger partial charge >= 0.3 is 0 Å². The Hall–Kier alpha value is -3.42. The Morgan fingerprint density at radius 3 is 2.64 bits per heavy atom. The van der Waals surface area contributed by atoms with Gasteiger partial charge in [0.15, 0.2) is 0 Å². The second-order valence-electron chi connectivity index (χ2n) is 9.70. The van der Waals surface area contributed by atoms with Gasteiger partial charge in [0.2, 0.25) is 0 Å². The van der Waals surface area contributed by atoms with Crippen LogP contribution in [0, 0.1) is 5.41 Å². The summed E-state index contributed by atoms with van der Waals surface area (Å²) in [4.78, 5) is 17.1. The van der Waals surface area contributed by atoms with Crippen LogP contribution < -0.4 is 15.8 Å². The average molecular weight is 488 g/mol. The lowest BCUT2D eigenvalue weighted by atomic mass is 9.96. The highest BCUT2D eigenvalue weighted by Gasteiger charge is 2.23. The predicted molar refractivity (Wildman–Crippen MR) is 147 cm³/mol. The zero-order chi connectivity index (χ0) is 25.7. The van der Waals surface area contributed by atoms with Gasteiger partial charge < -0.3 is 20.7 Å². The number of likely N-dealkylation sites (N-methyl/N-ethyl adjacent to an activating group) is 2. The Balaban J connectivity index is 1.47. The molecular formula is C29H37N5O2. The molecule has 7 heteroatoms. The quantitative estimate of drug-likeness (QED) is 0.297. The van der Waals surface area contributed by atoms with E-state index in [1.165, 1.54) is 12.8 Å². The smallest absolute Gasteiger partial charge is 0.251 e. The summed E-state index contributed by atoms with van der Waals surface area (Å²) in [6.45, 7) is 6.44. The van der Waals surface area contributed by atoms with Crippen molar-refractivity contribution in [2.45, 2.75) is 25.8 Å². The standard InChI is InChI=1S/C29H37N5O2/c1-4-34-14-5-6-24(34)19-36-25-11-9-20-16-22(8-7-21(20)17-25)28(31)26-18-23(10-12-27(26)30)29(35)32-13-15-33(2)3/h7-12,16-18,24,31H,4-6,13-15,19,30H2,1-3H3,(H,32,35). The Kier molecular flexibility index (Phi) is 8.23. The van der Waals surface area contributed by atoms with Gasteiger partial charge in [-0.25, -0.2) is 0 Å². The Morgan fingerprint density at radius 2 is 1.86 bits per heavy atom. The fraction of sp³-hybridized carbons (Fsp3) is 0.379. The van der Waals surface area contributed by atoms with Crippen molar-refractivity contribution in [1.82, 2.24) is 15.1 Å². The number of hydrogen-bond donors (Lipinski definition) is 3. The van der Waals surface area contributed by atoms with Crippen LogP contribution in [0.1, 0.15) is 41.3 Å². The molecule has 0 saturated carbocycles. The highest BCUT2D eigenvalue weighted by atomic mass is 16.5. The number of likely N-dealkylation sites (tertiary alicyclic amines) is 1. The van der Waals surface area contributed by atoms with Crippen molar-refractivity contribution in [2.75, 3.05) is 52.6 Å². The van der Waals surface area contributed by atoms with Crippen LogP contribution >= 0.6 is 0 Å². The van der Waals surface area contributed by atoms with E-state index in [-0.39, 0.29) is 5.91 Å². The number of fused-ring (bicyclic) bond motifs is 1. The van der Waals surface area contributed by atoms with E-state index in [4.69, 9.17) is 15.9 Å². The van der Waals surface area contributed by atoms with Gasteiger partial charge in [-0.05, 0) is 87.2 Å². The predicted octanol–water partition coefficient (Wildman–Crippen LogP) is 3.99. The number of anilines is 1. The van der Waals surface area contributed by atoms with Gasteiger partial charge in [-0.15, -0.1) is 0 Å². The molecule has 1 aliphatic heterocycles. The molecular weight excluding hydrogens is 450 g/mol. The molecule has 4 rings (SSSR count). The molecule has 4 N–H and O–H groups in total. The van der Waals surface area contributed by atoms with Gasteiger partial charge in [0, 0.05) is 41.5 Å². The number of nitrogen functional groups attached to an aromatic ring is 1. The van der Waals surface area contributed by atoms with Crippen LogP contribution in [0.3, 0.4) is 0 Å². The molecule has 1 amide bonds. The third kappa shape index (κ3) is 6.04. The van der Waals surface area contributed by atoms with E-state index in [2.05, 4.69) is 23.2 Å². The Morgan fingerprint density at radius 1 is 1.11 bits per heavy atom. The summed E-state index contributed by atoms with van der Waals surface area (Å²) in [6, 6.07) is 17.6. The van der Waals surface area contributed by atoms with Crippen LogP contribution in [-0.4, -0.2) is 74.3 Å². The second-order valence-corrected chi connectivity index (χ2v) is 9.70. The lowest BCUT2D eigenvalue weighted by Gasteiger charge is -2.22. The molecule has 1 heterocycles. The maximum absolute atomic E-state index is 12.6. The van der Waals surface area contributed by atoms with Crippen molar-refractivity contribution < 1.29 is 9.53 Å². The summed E-state index contributed by atoms with van der Waals surface area (Å²) in [5, 5.41) is 13.8. The van der Waals surface area contributed by atoms with E-state index in [9.17, 15) is 4.79 Å². The van der Waals surface area contributed by atoms with Crippen LogP contribution in [0.5, 0.6) is 5.75 Å². The van der Waals surface area contributed by atoms with Gasteiger partial charge in [-0.3, -0.25) is 15.1 Å². The monoisotopic (exact) mass is 487 g/mol. The largest absolute Gasteiger partial charge is 0.492 e. The Labute approximate surface area is 213 Å². The number of ether oxygens (including phenoxy) is 1. The van der Waals surface area contributed by atoms with Crippen molar-refractivity contribution >= 4 is 28.1 Å². The maximum Gasteiger partial charge on any atom is 0.251 e. The van der Waals surface area contributed by atoms with E-state index in [1.807, 2.05) is 49.3 Å². The second kappa shape index (κ2) is 11.5. The summed E-state index contributed by atoms with van der Waals surface area (Å²) in [6.07, 6.45) is 2.43. The molecule has 1 saturated heterocycles. The number of carbonyl (C=O) groups is 1. The summed E-state index contributed by atoms with van der Waals surface area (Å²) >= 11 is 0. The van der Waals surface area contributed by atoms with E-state index >= 15 is 0 Å². The van der Waals surface area contributed by atoms with Crippen LogP contribution in [0.2, 0.25) is 0 Å². The van der Waals surface area contributed by atoms with E-state index in [0.29, 0.717) is 41.7 Å². The first-order chi connectivity index (χ1) is 17.4. The first kappa shape index (κ1) is 25.7. The minimum atomic E-state index is -0.170. The van der Waals surface area contributed by atoms with Gasteiger partial charge in [0.25, 0.3) is 5.91 Å². The molecule has 7 nitrogen and oxygen atoms in total. The van der Waals surface area contributed by atoms with Crippen molar-refractivity contribution in [3.63, 3.8) is 0 Å². The molecule has 0 bridgehead atoms. The molecule has 36 heavy (non-hydrogen) atoms. The zero-order valence-corrected chi connectivity index (χ0v) is 21.5. The van der Waals surface area contributed by atoms with E-state index in [0.717, 1.165) is 41.7 Å². The molecule has 1 atom stereocenters. The number of rotatable bonds is 10. The SMILES string of the molecule is CCN1CCCC1COc1ccc2cc(C(=N)c3cc(C(=O)NCCN(C)C)ccc3N)ccc2c1. The summed E-state index contributed by atoms with van der Waals surface area (Å²) in [5.74, 6) is 0.696. The number of amides is 1. The molecule has 3 aromatic carbocycles. The summed E-state index contributed by atoms with van der Waals surface area (Å²) in [7, 11) is 3.92. The molecule has 1 unspecified atom stereocenters. The molecule has 0 aliphatic carbocycles. The minimum absolute atomic E-state index is 0.170. The lowest BCUT2D eigenvalue weighted by molar-refractivity contribution is 0.0951. The first-order valence-corrected chi connectivity index (χ1v) is 12.7. The summed E-state index contributed by atoms with van der Waals surface area (Å²) < 4.78 is 6.13. The number of nitrogens with two attached hydrogens (primary N) is 1. The zero-order valence-electron chi connectivity index (χ0n) is 21.5. The molecule has 1 aliphatic rings. The third-order valence-corrected chi connectivity index (χ3v) is 6.88. The fourth-order valence-electron chi connectivity index (χ4n) is 4.73. The minimum Gasteiger partial charge on any atom is -0.492 e. The first-order valence-electron chi connectivity index (χ1n) is 12.7. The molecule has 3 aromatic rings. The molecule has 0 aromatic heterocycles. The number of nitrogens with zero attached hydrogens (tertiary/aromatic N) is 2. The lowest BCUT2D eigenvalue weighted by Crippen LogP contribution is -2.33. The van der Waals surface area contributed by atoms with Gasteiger partial charge in [-0.2, -0.15) is 0 Å². The normalized spacial score (nSPS) is 15.9. The number of nitrogens with one attached hydrogen (secondary N) is 2. The topological polar surface area (TPSA) is 94.7 Å². The van der Waals surface area contributed by atoms with Gasteiger partial charge in [0.1, 0.15) is 12.4 Å². The van der Waals surface area contributed by atoms with Crippen molar-refractivity contribution in [2.24, 2.45) is 0 Å². The van der Waals surface area contributed by atoms with E-state index in [1.54, 1.807) is 18.2 Å². The average Bonchev–Trinajstić information content (AvgIpc) is 3.34. The molecule has 0 spiro atoms. The van der Waals surface area contributed by atoms with Crippen LogP contribution in [0.4, 0.5) is 5.69 Å². The van der Waals surface area contributed by atoms with Crippen molar-refractivity contribution in [1.29, 1.82) is 5.41 Å². The fourth-order valence-corrected chi connectivity index (χ4v) is 4.73. The number of hydrogen-bond acceptors (Lipinski definition) is 6. The van der Waals surface area contributed by atoms with Crippen molar-refractivity contribution in [3.8, 4) is 5.75 Å².